The number of aliphatic hydroxyl groups excluding tert-OH is 1. The Balaban J connectivity index is 1.41. The van der Waals surface area contributed by atoms with Crippen LogP contribution >= 0.6 is 0 Å². The van der Waals surface area contributed by atoms with Crippen LogP contribution in [0.1, 0.15) is 47.2 Å². The van der Waals surface area contributed by atoms with E-state index in [0.717, 1.165) is 43.6 Å². The highest BCUT2D eigenvalue weighted by molar-refractivity contribution is 6.05. The van der Waals surface area contributed by atoms with Crippen LogP contribution in [-0.2, 0) is 22.7 Å². The van der Waals surface area contributed by atoms with Crippen molar-refractivity contribution >= 4 is 17.7 Å². The highest BCUT2D eigenvalue weighted by Crippen LogP contribution is 2.28. The van der Waals surface area contributed by atoms with Crippen LogP contribution in [0.3, 0.4) is 0 Å². The summed E-state index contributed by atoms with van der Waals surface area (Å²) in [6.45, 7) is 3.89. The van der Waals surface area contributed by atoms with Crippen LogP contribution < -0.4 is 10.6 Å². The van der Waals surface area contributed by atoms with Crippen molar-refractivity contribution in [3.63, 3.8) is 0 Å². The molecular weight excluding hydrogens is 372 g/mol. The van der Waals surface area contributed by atoms with Crippen LogP contribution in [-0.4, -0.2) is 71.0 Å². The fourth-order valence-electron chi connectivity index (χ4n) is 4.59. The van der Waals surface area contributed by atoms with Gasteiger partial charge < -0.3 is 15.3 Å². The van der Waals surface area contributed by atoms with E-state index in [1.165, 1.54) is 0 Å². The number of hydrogen-bond donors (Lipinski definition) is 3. The van der Waals surface area contributed by atoms with E-state index in [2.05, 4.69) is 21.6 Å². The summed E-state index contributed by atoms with van der Waals surface area (Å²) in [5.74, 6) is -0.777. The maximum atomic E-state index is 13.0. The summed E-state index contributed by atoms with van der Waals surface area (Å²) in [5.41, 5.74) is 2.69. The Labute approximate surface area is 170 Å². The Morgan fingerprint density at radius 3 is 2.86 bits per heavy atom. The third-order valence-electron chi connectivity index (χ3n) is 6.05. The molecule has 3 aliphatic heterocycles. The quantitative estimate of drug-likeness (QED) is 0.581. The number of nitrogens with one attached hydrogen (secondary N) is 2. The van der Waals surface area contributed by atoms with Crippen LogP contribution in [0.25, 0.3) is 0 Å². The van der Waals surface area contributed by atoms with E-state index in [1.807, 2.05) is 12.1 Å². The Kier molecular flexibility index (Phi) is 5.94. The van der Waals surface area contributed by atoms with Crippen LogP contribution in [0.2, 0.25) is 0 Å². The molecule has 0 saturated carbocycles. The molecule has 3 heterocycles. The maximum absolute atomic E-state index is 13.0. The molecule has 0 radical (unpaired) electrons. The van der Waals surface area contributed by atoms with E-state index in [1.54, 1.807) is 4.90 Å². The van der Waals surface area contributed by atoms with Gasteiger partial charge in [-0.3, -0.25) is 24.6 Å². The molecule has 2 atom stereocenters. The predicted octanol–water partition coefficient (Wildman–Crippen LogP) is -0.00610. The van der Waals surface area contributed by atoms with E-state index in [-0.39, 0.29) is 30.7 Å². The lowest BCUT2D eigenvalue weighted by Gasteiger charge is -2.33. The number of nitrogens with zero attached hydrogens (tertiary/aromatic N) is 2. The minimum atomic E-state index is -0.573. The van der Waals surface area contributed by atoms with E-state index >= 15 is 0 Å². The number of rotatable bonds is 6. The Bertz CT molecular complexity index is 812. The van der Waals surface area contributed by atoms with Crippen molar-refractivity contribution in [1.82, 2.24) is 20.4 Å². The first-order valence-corrected chi connectivity index (χ1v) is 10.4. The molecule has 2 unspecified atom stereocenters. The summed E-state index contributed by atoms with van der Waals surface area (Å²) < 4.78 is 0. The first kappa shape index (κ1) is 20.0. The molecule has 0 spiro atoms. The summed E-state index contributed by atoms with van der Waals surface area (Å²) >= 11 is 0. The lowest BCUT2D eigenvalue weighted by molar-refractivity contribution is -0.136. The molecule has 29 heavy (non-hydrogen) atoms. The highest BCUT2D eigenvalue weighted by atomic mass is 16.3. The number of aliphatic hydroxyl groups is 1. The number of carbonyl (C=O) groups excluding carboxylic acids is 3. The van der Waals surface area contributed by atoms with Gasteiger partial charge in [-0.1, -0.05) is 12.1 Å². The molecule has 0 bridgehead atoms. The van der Waals surface area contributed by atoms with Crippen molar-refractivity contribution in [1.29, 1.82) is 0 Å². The SMILES string of the molecule is O=C1CCC(N2Cc3ccc(CN4CCCC(NCCO)C4)cc3C2=O)C(=O)N1. The van der Waals surface area contributed by atoms with Crippen LogP contribution in [0, 0.1) is 0 Å². The van der Waals surface area contributed by atoms with E-state index in [0.29, 0.717) is 31.1 Å². The fourth-order valence-corrected chi connectivity index (χ4v) is 4.59. The summed E-state index contributed by atoms with van der Waals surface area (Å²) in [7, 11) is 0. The second-order valence-electron chi connectivity index (χ2n) is 8.14. The smallest absolute Gasteiger partial charge is 0.255 e. The van der Waals surface area contributed by atoms with Gasteiger partial charge in [-0.25, -0.2) is 0 Å². The van der Waals surface area contributed by atoms with Crippen molar-refractivity contribution in [3.8, 4) is 0 Å². The average molecular weight is 400 g/mol. The number of amides is 3. The molecule has 1 aromatic rings. The topological polar surface area (TPSA) is 102 Å². The Hall–Kier alpha value is -2.29. The molecule has 3 N–H and O–H groups in total. The van der Waals surface area contributed by atoms with Crippen LogP contribution in [0.4, 0.5) is 0 Å². The number of imide groups is 1. The molecule has 2 fully saturated rings. The van der Waals surface area contributed by atoms with Crippen molar-refractivity contribution < 1.29 is 19.5 Å². The summed E-state index contributed by atoms with van der Waals surface area (Å²) in [6.07, 6.45) is 2.87. The first-order chi connectivity index (χ1) is 14.0. The molecule has 4 rings (SSSR count). The van der Waals surface area contributed by atoms with Crippen molar-refractivity contribution in [2.45, 2.75) is 50.9 Å². The van der Waals surface area contributed by atoms with E-state index in [9.17, 15) is 14.4 Å². The lowest BCUT2D eigenvalue weighted by atomic mass is 10.0. The predicted molar refractivity (Wildman–Crippen MR) is 106 cm³/mol. The molecule has 8 heteroatoms. The number of piperidine rings is 2. The minimum absolute atomic E-state index is 0.127. The third kappa shape index (κ3) is 4.34. The molecule has 3 aliphatic rings. The zero-order valence-electron chi connectivity index (χ0n) is 16.5. The molecule has 0 aromatic heterocycles. The van der Waals surface area contributed by atoms with Crippen molar-refractivity contribution in [3.05, 3.63) is 34.9 Å². The number of likely N-dealkylation sites (tertiary alicyclic amines) is 1. The number of fused-ring (bicyclic) bond motifs is 1. The first-order valence-electron chi connectivity index (χ1n) is 10.4. The Morgan fingerprint density at radius 2 is 2.07 bits per heavy atom. The minimum Gasteiger partial charge on any atom is -0.395 e. The monoisotopic (exact) mass is 400 g/mol. The van der Waals surface area contributed by atoms with Crippen molar-refractivity contribution in [2.24, 2.45) is 0 Å². The van der Waals surface area contributed by atoms with Gasteiger partial charge in [-0.15, -0.1) is 0 Å². The van der Waals surface area contributed by atoms with Crippen LogP contribution in [0.5, 0.6) is 0 Å². The van der Waals surface area contributed by atoms with Gasteiger partial charge in [0.05, 0.1) is 6.61 Å². The molecule has 3 amide bonds. The van der Waals surface area contributed by atoms with Gasteiger partial charge in [0, 0.05) is 44.2 Å². The number of benzene rings is 1. The lowest BCUT2D eigenvalue weighted by Crippen LogP contribution is -2.52. The summed E-state index contributed by atoms with van der Waals surface area (Å²) in [4.78, 5) is 40.5. The van der Waals surface area contributed by atoms with Gasteiger partial charge in [0.1, 0.15) is 6.04 Å². The zero-order chi connectivity index (χ0) is 20.4. The number of carbonyl (C=O) groups is 3. The van der Waals surface area contributed by atoms with Gasteiger partial charge in [0.15, 0.2) is 0 Å². The normalized spacial score (nSPS) is 25.3. The number of hydrogen-bond acceptors (Lipinski definition) is 6. The second kappa shape index (κ2) is 8.61. The summed E-state index contributed by atoms with van der Waals surface area (Å²) in [5, 5.41) is 14.7. The zero-order valence-corrected chi connectivity index (χ0v) is 16.5. The van der Waals surface area contributed by atoms with Gasteiger partial charge in [0.25, 0.3) is 5.91 Å². The van der Waals surface area contributed by atoms with E-state index < -0.39 is 6.04 Å². The third-order valence-corrected chi connectivity index (χ3v) is 6.05. The fraction of sp³-hybridized carbons (Fsp3) is 0.571. The largest absolute Gasteiger partial charge is 0.395 e. The maximum Gasteiger partial charge on any atom is 0.255 e. The van der Waals surface area contributed by atoms with Gasteiger partial charge >= 0.3 is 0 Å². The molecule has 2 saturated heterocycles. The molecule has 8 nitrogen and oxygen atoms in total. The molecule has 156 valence electrons. The van der Waals surface area contributed by atoms with Gasteiger partial charge in [0.2, 0.25) is 11.8 Å². The summed E-state index contributed by atoms with van der Waals surface area (Å²) in [6, 6.07) is 5.81. The van der Waals surface area contributed by atoms with Gasteiger partial charge in [-0.2, -0.15) is 0 Å². The highest BCUT2D eigenvalue weighted by Gasteiger charge is 2.39. The molecule has 1 aromatic carbocycles. The van der Waals surface area contributed by atoms with Crippen molar-refractivity contribution in [2.75, 3.05) is 26.2 Å². The molecule has 0 aliphatic carbocycles. The Morgan fingerprint density at radius 1 is 1.21 bits per heavy atom. The van der Waals surface area contributed by atoms with E-state index in [4.69, 9.17) is 5.11 Å². The standard InChI is InChI=1S/C21H28N4O4/c26-9-7-22-16-2-1-8-24(13-16)11-14-3-4-15-12-25(21(29)17(15)10-14)18-5-6-19(27)23-20(18)28/h3-4,10,16,18,22,26H,1-2,5-9,11-13H2,(H,23,27,28). The van der Waals surface area contributed by atoms with Crippen LogP contribution in [0.15, 0.2) is 18.2 Å². The molecular formula is C21H28N4O4. The van der Waals surface area contributed by atoms with Gasteiger partial charge in [-0.05, 0) is 43.0 Å². The second-order valence-corrected chi connectivity index (χ2v) is 8.14. The average Bonchev–Trinajstić information content (AvgIpc) is 3.03.